The lowest BCUT2D eigenvalue weighted by atomic mass is 9.54. The van der Waals surface area contributed by atoms with Crippen molar-refractivity contribution < 1.29 is 19.1 Å². The van der Waals surface area contributed by atoms with Gasteiger partial charge in [0.25, 0.3) is 0 Å². The maximum atomic E-state index is 12.3. The largest absolute Gasteiger partial charge is 0.455 e. The van der Waals surface area contributed by atoms with Crippen LogP contribution in [0.25, 0.3) is 0 Å². The average Bonchev–Trinajstić information content (AvgIpc) is 2.65. The van der Waals surface area contributed by atoms with E-state index in [2.05, 4.69) is 40.9 Å². The number of esters is 2. The molecule has 0 atom stereocenters. The van der Waals surface area contributed by atoms with Crippen LogP contribution in [0.4, 0.5) is 0 Å². The van der Waals surface area contributed by atoms with Crippen LogP contribution in [-0.2, 0) is 19.1 Å². The maximum Gasteiger partial charge on any atom is 0.330 e. The molecule has 0 aliphatic heterocycles. The molecule has 2 fully saturated rings. The van der Waals surface area contributed by atoms with E-state index in [-0.39, 0.29) is 0 Å². The van der Waals surface area contributed by atoms with Crippen molar-refractivity contribution in [3.8, 4) is 0 Å². The van der Waals surface area contributed by atoms with E-state index < -0.39 is 28.6 Å². The fourth-order valence-electron chi connectivity index (χ4n) is 5.05. The number of carbonyl (C=O) groups is 2. The molecular formula is C23H36O4. The number of rotatable bonds is 6. The molecular weight excluding hydrogens is 340 g/mol. The summed E-state index contributed by atoms with van der Waals surface area (Å²) in [6, 6.07) is 0. The first kappa shape index (κ1) is 21.7. The fraction of sp³-hybridized carbons (Fsp3) is 0.739. The lowest BCUT2D eigenvalue weighted by molar-refractivity contribution is -0.235. The molecule has 4 nitrogen and oxygen atoms in total. The van der Waals surface area contributed by atoms with Crippen molar-refractivity contribution in [2.24, 2.45) is 17.3 Å². The molecule has 0 unspecified atom stereocenters. The van der Waals surface area contributed by atoms with Crippen molar-refractivity contribution in [3.63, 3.8) is 0 Å². The lowest BCUT2D eigenvalue weighted by Gasteiger charge is -2.58. The Morgan fingerprint density at radius 2 is 1.11 bits per heavy atom. The first-order valence-corrected chi connectivity index (χ1v) is 10.3. The van der Waals surface area contributed by atoms with Gasteiger partial charge in [0.2, 0.25) is 0 Å². The number of ether oxygens (including phenoxy) is 2. The van der Waals surface area contributed by atoms with Gasteiger partial charge in [-0.2, -0.15) is 0 Å². The molecule has 2 aliphatic carbocycles. The quantitative estimate of drug-likeness (QED) is 0.462. The molecule has 4 heteroatoms. The molecule has 27 heavy (non-hydrogen) atoms. The summed E-state index contributed by atoms with van der Waals surface area (Å²) in [4.78, 5) is 24.5. The first-order valence-electron chi connectivity index (χ1n) is 10.3. The molecule has 2 aliphatic rings. The van der Waals surface area contributed by atoms with Crippen LogP contribution in [0.1, 0.15) is 79.1 Å². The minimum absolute atomic E-state index is 0.396. The van der Waals surface area contributed by atoms with E-state index in [1.165, 1.54) is 12.2 Å². The monoisotopic (exact) mass is 376 g/mol. The van der Waals surface area contributed by atoms with Crippen molar-refractivity contribution >= 4 is 11.9 Å². The Balaban J connectivity index is 2.47. The van der Waals surface area contributed by atoms with E-state index in [9.17, 15) is 9.59 Å². The van der Waals surface area contributed by atoms with Crippen LogP contribution in [0.3, 0.4) is 0 Å². The second kappa shape index (κ2) is 8.20. The average molecular weight is 377 g/mol. The summed E-state index contributed by atoms with van der Waals surface area (Å²) >= 11 is 0. The van der Waals surface area contributed by atoms with Crippen molar-refractivity contribution in [2.75, 3.05) is 0 Å². The van der Waals surface area contributed by atoms with Gasteiger partial charge in [0.1, 0.15) is 11.2 Å². The Labute approximate surface area is 164 Å². The Bertz CT molecular complexity index is 523. The molecule has 0 aromatic rings. The van der Waals surface area contributed by atoms with Gasteiger partial charge in [-0.05, 0) is 63.2 Å². The van der Waals surface area contributed by atoms with E-state index in [0.717, 1.165) is 51.4 Å². The summed E-state index contributed by atoms with van der Waals surface area (Å²) in [5.74, 6) is 0.419. The van der Waals surface area contributed by atoms with Crippen LogP contribution in [-0.4, -0.2) is 23.1 Å². The Hall–Kier alpha value is -1.58. The van der Waals surface area contributed by atoms with Gasteiger partial charge in [0.05, 0.1) is 0 Å². The smallest absolute Gasteiger partial charge is 0.330 e. The van der Waals surface area contributed by atoms with E-state index in [4.69, 9.17) is 9.47 Å². The second-order valence-corrected chi connectivity index (χ2v) is 9.23. The lowest BCUT2D eigenvalue weighted by Crippen LogP contribution is -2.63. The first-order chi connectivity index (χ1) is 12.6. The molecule has 0 aromatic heterocycles. The summed E-state index contributed by atoms with van der Waals surface area (Å²) in [7, 11) is 0. The zero-order valence-corrected chi connectivity index (χ0v) is 17.5. The predicted molar refractivity (Wildman–Crippen MR) is 107 cm³/mol. The van der Waals surface area contributed by atoms with Crippen LogP contribution >= 0.6 is 0 Å². The van der Waals surface area contributed by atoms with Gasteiger partial charge in [-0.15, -0.1) is 0 Å². The summed E-state index contributed by atoms with van der Waals surface area (Å²) in [5, 5.41) is 0. The predicted octanol–water partition coefficient (Wildman–Crippen LogP) is 5.37. The van der Waals surface area contributed by atoms with Gasteiger partial charge < -0.3 is 9.47 Å². The second-order valence-electron chi connectivity index (χ2n) is 9.23. The molecule has 0 saturated heterocycles. The highest BCUT2D eigenvalue weighted by Crippen LogP contribution is 2.57. The number of carbonyl (C=O) groups excluding carboxylic acids is 2. The number of hydrogen-bond donors (Lipinski definition) is 0. The van der Waals surface area contributed by atoms with E-state index in [1.807, 2.05) is 0 Å². The highest BCUT2D eigenvalue weighted by Gasteiger charge is 2.62. The van der Waals surface area contributed by atoms with E-state index >= 15 is 0 Å². The van der Waals surface area contributed by atoms with E-state index in [0.29, 0.717) is 11.8 Å². The topological polar surface area (TPSA) is 52.6 Å². The van der Waals surface area contributed by atoms with Crippen LogP contribution in [0, 0.1) is 17.3 Å². The van der Waals surface area contributed by atoms with Crippen LogP contribution < -0.4 is 0 Å². The summed E-state index contributed by atoms with van der Waals surface area (Å²) in [6.45, 7) is 15.9. The van der Waals surface area contributed by atoms with Crippen molar-refractivity contribution in [2.45, 2.75) is 90.3 Å². The minimum atomic E-state index is -0.660. The standard InChI is InChI=1S/C23H36O4/c1-7-19(24)26-22(13-9-17(3)10-14-22)21(5,6)23(27-20(25)8-2)15-11-18(4)12-16-23/h7-8,17-18H,1-2,9-16H2,3-6H3. The van der Waals surface area contributed by atoms with Gasteiger partial charge >= 0.3 is 11.9 Å². The van der Waals surface area contributed by atoms with E-state index in [1.54, 1.807) is 0 Å². The maximum absolute atomic E-state index is 12.3. The molecule has 0 N–H and O–H groups in total. The molecule has 0 radical (unpaired) electrons. The Morgan fingerprint density at radius 3 is 1.37 bits per heavy atom. The van der Waals surface area contributed by atoms with Gasteiger partial charge in [-0.1, -0.05) is 40.9 Å². The molecule has 2 saturated carbocycles. The van der Waals surface area contributed by atoms with Crippen LogP contribution in [0.15, 0.2) is 25.3 Å². The summed E-state index contributed by atoms with van der Waals surface area (Å²) in [6.07, 6.45) is 9.58. The third kappa shape index (κ3) is 4.14. The van der Waals surface area contributed by atoms with Gasteiger partial charge in [-0.3, -0.25) is 0 Å². The Morgan fingerprint density at radius 1 is 0.815 bits per heavy atom. The van der Waals surface area contributed by atoms with Gasteiger partial charge in [-0.25, -0.2) is 9.59 Å². The van der Waals surface area contributed by atoms with Gasteiger partial charge in [0.15, 0.2) is 0 Å². The molecule has 152 valence electrons. The van der Waals surface area contributed by atoms with Crippen molar-refractivity contribution in [1.82, 2.24) is 0 Å². The third-order valence-electron chi connectivity index (χ3n) is 7.37. The highest BCUT2D eigenvalue weighted by molar-refractivity contribution is 5.82. The highest BCUT2D eigenvalue weighted by atomic mass is 16.6. The number of hydrogen-bond acceptors (Lipinski definition) is 4. The zero-order valence-electron chi connectivity index (χ0n) is 17.5. The molecule has 0 aromatic carbocycles. The molecule has 0 spiro atoms. The molecule has 0 heterocycles. The summed E-state index contributed by atoms with van der Waals surface area (Å²) < 4.78 is 12.2. The van der Waals surface area contributed by atoms with Crippen LogP contribution in [0.5, 0.6) is 0 Å². The Kier molecular flexibility index (Phi) is 6.59. The SMILES string of the molecule is C=CC(=O)OC1(C(C)(C)C2(OC(=O)C=C)CCC(C)CC2)CCC(C)CC1. The van der Waals surface area contributed by atoms with Gasteiger partial charge in [0, 0.05) is 17.6 Å². The summed E-state index contributed by atoms with van der Waals surface area (Å²) in [5.41, 5.74) is -1.84. The molecule has 0 amide bonds. The third-order valence-corrected chi connectivity index (χ3v) is 7.37. The van der Waals surface area contributed by atoms with Crippen molar-refractivity contribution in [1.29, 1.82) is 0 Å². The van der Waals surface area contributed by atoms with Crippen molar-refractivity contribution in [3.05, 3.63) is 25.3 Å². The normalized spacial score (nSPS) is 34.4. The minimum Gasteiger partial charge on any atom is -0.455 e. The molecule has 2 rings (SSSR count). The fourth-order valence-corrected chi connectivity index (χ4v) is 5.05. The zero-order chi connectivity index (χ0) is 20.3. The van der Waals surface area contributed by atoms with Crippen LogP contribution in [0.2, 0.25) is 0 Å². The molecule has 0 bridgehead atoms.